The van der Waals surface area contributed by atoms with Crippen LogP contribution in [0.25, 0.3) is 0 Å². The van der Waals surface area contributed by atoms with Crippen molar-refractivity contribution in [3.8, 4) is 0 Å². The lowest BCUT2D eigenvalue weighted by Crippen LogP contribution is -2.31. The zero-order chi connectivity index (χ0) is 23.0. The first-order valence-corrected chi connectivity index (χ1v) is 10.2. The van der Waals surface area contributed by atoms with Gasteiger partial charge in [0.25, 0.3) is 5.91 Å². The Morgan fingerprint density at radius 1 is 1.19 bits per heavy atom. The van der Waals surface area contributed by atoms with E-state index in [0.717, 1.165) is 12.1 Å². The van der Waals surface area contributed by atoms with Crippen molar-refractivity contribution in [1.29, 1.82) is 0 Å². The maximum Gasteiger partial charge on any atom is 0.274 e. The van der Waals surface area contributed by atoms with Crippen LogP contribution in [0.4, 0.5) is 23.5 Å². The normalized spacial score (nSPS) is 11.2. The lowest BCUT2D eigenvalue weighted by molar-refractivity contribution is 0.0364. The quantitative estimate of drug-likeness (QED) is 0.420. The van der Waals surface area contributed by atoms with Crippen LogP contribution < -0.4 is 21.0 Å². The van der Waals surface area contributed by atoms with E-state index in [1.165, 1.54) is 0 Å². The average molecular weight is 432 g/mol. The standard InChI is InChI=1S/C21H33N7O3/c1-7-31-27-17(30)15-9-8-14(2)16(12-15)23-19-24-18(22-10-11-29)25-20(26-19)28(6)13-21(3,4)5/h8-9,12,29H,7,10-11,13H2,1-6H3,(H,27,30)(H2,22,23,24,25,26). The van der Waals surface area contributed by atoms with Crippen molar-refractivity contribution in [2.24, 2.45) is 5.41 Å². The Morgan fingerprint density at radius 2 is 1.90 bits per heavy atom. The van der Waals surface area contributed by atoms with Gasteiger partial charge in [-0.25, -0.2) is 5.48 Å². The van der Waals surface area contributed by atoms with Crippen molar-refractivity contribution in [3.05, 3.63) is 29.3 Å². The molecule has 0 aliphatic rings. The topological polar surface area (TPSA) is 125 Å². The molecular formula is C21H33N7O3. The summed E-state index contributed by atoms with van der Waals surface area (Å²) in [6.45, 7) is 11.5. The zero-order valence-corrected chi connectivity index (χ0v) is 19.1. The van der Waals surface area contributed by atoms with E-state index in [0.29, 0.717) is 42.2 Å². The first kappa shape index (κ1) is 24.3. The highest BCUT2D eigenvalue weighted by atomic mass is 16.6. The van der Waals surface area contributed by atoms with E-state index in [-0.39, 0.29) is 17.9 Å². The van der Waals surface area contributed by atoms with E-state index in [4.69, 9.17) is 9.94 Å². The van der Waals surface area contributed by atoms with Gasteiger partial charge >= 0.3 is 0 Å². The average Bonchev–Trinajstić information content (AvgIpc) is 2.70. The number of nitrogens with one attached hydrogen (secondary N) is 3. The molecule has 0 atom stereocenters. The second-order valence-corrected chi connectivity index (χ2v) is 8.37. The number of aromatic nitrogens is 3. The van der Waals surface area contributed by atoms with Gasteiger partial charge in [0.1, 0.15) is 0 Å². The van der Waals surface area contributed by atoms with Gasteiger partial charge in [0.05, 0.1) is 13.2 Å². The van der Waals surface area contributed by atoms with Crippen LogP contribution in [-0.2, 0) is 4.84 Å². The molecule has 0 fully saturated rings. The van der Waals surface area contributed by atoms with Crippen LogP contribution in [0.1, 0.15) is 43.6 Å². The van der Waals surface area contributed by atoms with E-state index in [2.05, 4.69) is 51.8 Å². The number of hydrogen-bond donors (Lipinski definition) is 4. The van der Waals surface area contributed by atoms with Gasteiger partial charge in [0, 0.05) is 31.4 Å². The van der Waals surface area contributed by atoms with Crippen molar-refractivity contribution < 1.29 is 14.7 Å². The minimum absolute atomic E-state index is 0.0439. The second kappa shape index (κ2) is 10.9. The molecule has 1 amide bonds. The highest BCUT2D eigenvalue weighted by Gasteiger charge is 2.18. The smallest absolute Gasteiger partial charge is 0.274 e. The first-order chi connectivity index (χ1) is 14.6. The molecular weight excluding hydrogens is 398 g/mol. The number of benzene rings is 1. The van der Waals surface area contributed by atoms with Gasteiger partial charge in [-0.2, -0.15) is 15.0 Å². The summed E-state index contributed by atoms with van der Waals surface area (Å²) < 4.78 is 0. The lowest BCUT2D eigenvalue weighted by Gasteiger charge is -2.27. The summed E-state index contributed by atoms with van der Waals surface area (Å²) in [5.74, 6) is 0.842. The molecule has 2 aromatic rings. The molecule has 2 rings (SSSR count). The van der Waals surface area contributed by atoms with Gasteiger partial charge in [0.15, 0.2) is 0 Å². The molecule has 0 spiro atoms. The zero-order valence-electron chi connectivity index (χ0n) is 19.1. The number of amides is 1. The molecule has 0 saturated carbocycles. The summed E-state index contributed by atoms with van der Waals surface area (Å²) in [5, 5.41) is 15.3. The summed E-state index contributed by atoms with van der Waals surface area (Å²) in [4.78, 5) is 32.6. The first-order valence-electron chi connectivity index (χ1n) is 10.2. The van der Waals surface area contributed by atoms with Crippen molar-refractivity contribution in [2.75, 3.05) is 48.9 Å². The third kappa shape index (κ3) is 7.65. The summed E-state index contributed by atoms with van der Waals surface area (Å²) in [6.07, 6.45) is 0. The summed E-state index contributed by atoms with van der Waals surface area (Å²) in [7, 11) is 1.92. The summed E-state index contributed by atoms with van der Waals surface area (Å²) >= 11 is 0. The van der Waals surface area contributed by atoms with Crippen molar-refractivity contribution >= 4 is 29.4 Å². The fourth-order valence-electron chi connectivity index (χ4n) is 2.84. The number of nitrogens with zero attached hydrogens (tertiary/aromatic N) is 4. The SMILES string of the molecule is CCONC(=O)c1ccc(C)c(Nc2nc(NCCO)nc(N(C)CC(C)(C)C)n2)c1. The van der Waals surface area contributed by atoms with Crippen LogP contribution in [0.3, 0.4) is 0 Å². The van der Waals surface area contributed by atoms with Gasteiger partial charge < -0.3 is 20.6 Å². The molecule has 10 nitrogen and oxygen atoms in total. The Labute approximate surface area is 183 Å². The van der Waals surface area contributed by atoms with Gasteiger partial charge in [-0.05, 0) is 37.0 Å². The number of rotatable bonds is 10. The number of hydrogen-bond acceptors (Lipinski definition) is 9. The van der Waals surface area contributed by atoms with Gasteiger partial charge in [0.2, 0.25) is 17.8 Å². The van der Waals surface area contributed by atoms with E-state index in [1.807, 2.05) is 24.9 Å². The second-order valence-electron chi connectivity index (χ2n) is 8.37. The van der Waals surface area contributed by atoms with Gasteiger partial charge in [-0.3, -0.25) is 9.63 Å². The maximum atomic E-state index is 12.2. The van der Waals surface area contributed by atoms with E-state index >= 15 is 0 Å². The fourth-order valence-corrected chi connectivity index (χ4v) is 2.84. The molecule has 1 aromatic heterocycles. The van der Waals surface area contributed by atoms with Crippen LogP contribution in [0.5, 0.6) is 0 Å². The van der Waals surface area contributed by atoms with Crippen LogP contribution in [0.15, 0.2) is 18.2 Å². The predicted octanol–water partition coefficient (Wildman–Crippen LogP) is 2.49. The largest absolute Gasteiger partial charge is 0.395 e. The monoisotopic (exact) mass is 431 g/mol. The van der Waals surface area contributed by atoms with Crippen molar-refractivity contribution in [3.63, 3.8) is 0 Å². The molecule has 170 valence electrons. The lowest BCUT2D eigenvalue weighted by atomic mass is 9.96. The van der Waals surface area contributed by atoms with Crippen molar-refractivity contribution in [2.45, 2.75) is 34.6 Å². The number of anilines is 4. The molecule has 0 radical (unpaired) electrons. The number of aliphatic hydroxyl groups is 1. The van der Waals surface area contributed by atoms with E-state index in [1.54, 1.807) is 19.1 Å². The third-order valence-electron chi connectivity index (χ3n) is 4.13. The Kier molecular flexibility index (Phi) is 8.52. The number of hydroxylamine groups is 1. The Bertz CT molecular complexity index is 884. The Hall–Kier alpha value is -2.98. The van der Waals surface area contributed by atoms with Crippen molar-refractivity contribution in [1.82, 2.24) is 20.4 Å². The third-order valence-corrected chi connectivity index (χ3v) is 4.13. The van der Waals surface area contributed by atoms with Gasteiger partial charge in [-0.1, -0.05) is 26.8 Å². The minimum atomic E-state index is -0.337. The Morgan fingerprint density at radius 3 is 2.55 bits per heavy atom. The highest BCUT2D eigenvalue weighted by molar-refractivity contribution is 5.94. The number of carbonyl (C=O) groups excluding carboxylic acids is 1. The number of aliphatic hydroxyl groups excluding tert-OH is 1. The van der Waals surface area contributed by atoms with Crippen LogP contribution in [-0.4, -0.2) is 59.3 Å². The fraction of sp³-hybridized carbons (Fsp3) is 0.524. The molecule has 4 N–H and O–H groups in total. The molecule has 1 aromatic carbocycles. The predicted molar refractivity (Wildman–Crippen MR) is 122 cm³/mol. The summed E-state index contributed by atoms with van der Waals surface area (Å²) in [5.41, 5.74) is 4.49. The molecule has 31 heavy (non-hydrogen) atoms. The molecule has 0 aliphatic carbocycles. The summed E-state index contributed by atoms with van der Waals surface area (Å²) in [6, 6.07) is 5.27. The van der Waals surface area contributed by atoms with E-state index < -0.39 is 0 Å². The molecule has 10 heteroatoms. The molecule has 0 unspecified atom stereocenters. The molecule has 0 bridgehead atoms. The van der Waals surface area contributed by atoms with Crippen LogP contribution in [0.2, 0.25) is 0 Å². The minimum Gasteiger partial charge on any atom is -0.395 e. The molecule has 0 saturated heterocycles. The maximum absolute atomic E-state index is 12.2. The van der Waals surface area contributed by atoms with E-state index in [9.17, 15) is 4.79 Å². The van der Waals surface area contributed by atoms with Crippen LogP contribution >= 0.6 is 0 Å². The number of carbonyl (C=O) groups is 1. The molecule has 1 heterocycles. The number of aryl methyl sites for hydroxylation is 1. The van der Waals surface area contributed by atoms with Crippen LogP contribution in [0, 0.1) is 12.3 Å². The highest BCUT2D eigenvalue weighted by Crippen LogP contribution is 2.23. The molecule has 0 aliphatic heterocycles. The Balaban J connectivity index is 2.34. The van der Waals surface area contributed by atoms with Gasteiger partial charge in [-0.15, -0.1) is 0 Å².